The standard InChI is InChI=1S/2C27H31Br2ClN4O2/c2*28-20-12-19-2-1-18-13-21(30)14-22(29)24(18)25(26(19)32-15-20)17-5-9-33(10-6-17)23(35)11-16-3-7-34(8-4-16)27(31)36/h2*12-17,25H,1-11H2,(H2,31,36)/t25-;/m0./s1. The minimum absolute atomic E-state index is 0.174. The summed E-state index contributed by atoms with van der Waals surface area (Å²) in [5, 5.41) is 1.50. The monoisotopic (exact) mass is 1270 g/mol. The van der Waals surface area contributed by atoms with Gasteiger partial charge in [0, 0.05) is 117 Å². The normalized spacial score (nSPS) is 21.0. The van der Waals surface area contributed by atoms with Crippen molar-refractivity contribution in [3.05, 3.63) is 121 Å². The number of benzene rings is 2. The molecule has 18 heteroatoms. The molecule has 4 fully saturated rings. The first-order valence-electron chi connectivity index (χ1n) is 25.5. The third-order valence-corrected chi connectivity index (χ3v) is 19.0. The molecule has 0 radical (unpaired) electrons. The second-order valence-corrected chi connectivity index (χ2v) is 25.1. The van der Waals surface area contributed by atoms with E-state index in [2.05, 4.69) is 88.0 Å². The van der Waals surface area contributed by atoms with E-state index in [0.29, 0.717) is 62.7 Å². The Hall–Kier alpha value is -3.28. The molecule has 2 aromatic carbocycles. The number of nitrogens with zero attached hydrogens (tertiary/aromatic N) is 6. The number of hydrogen-bond donors (Lipinski definition) is 2. The molecular weight excluding hydrogens is 1220 g/mol. The van der Waals surface area contributed by atoms with Crippen LogP contribution >= 0.6 is 86.9 Å². The highest BCUT2D eigenvalue weighted by molar-refractivity contribution is 9.11. The topological polar surface area (TPSA) is 159 Å². The largest absolute Gasteiger partial charge is 0.351 e. The van der Waals surface area contributed by atoms with Crippen molar-refractivity contribution >= 4 is 111 Å². The summed E-state index contributed by atoms with van der Waals surface area (Å²) in [5.74, 6) is 2.28. The van der Waals surface area contributed by atoms with Gasteiger partial charge in [-0.1, -0.05) is 55.1 Å². The van der Waals surface area contributed by atoms with Crippen LogP contribution in [-0.4, -0.2) is 106 Å². The summed E-state index contributed by atoms with van der Waals surface area (Å²) in [6.07, 6.45) is 15.8. The average molecular weight is 1280 g/mol. The molecule has 1 unspecified atom stereocenters. The molecule has 12 nitrogen and oxygen atoms in total. The van der Waals surface area contributed by atoms with Crippen molar-refractivity contribution in [1.29, 1.82) is 0 Å². The summed E-state index contributed by atoms with van der Waals surface area (Å²) in [6.45, 7) is 5.68. The maximum atomic E-state index is 13.1. The molecule has 0 bridgehead atoms. The lowest BCUT2D eigenvalue weighted by Gasteiger charge is -2.38. The predicted octanol–water partition coefficient (Wildman–Crippen LogP) is 11.8. The molecule has 6 aliphatic rings. The van der Waals surface area contributed by atoms with Gasteiger partial charge in [-0.05, 0) is 202 Å². The van der Waals surface area contributed by atoms with Crippen LogP contribution < -0.4 is 11.5 Å². The second kappa shape index (κ2) is 23.7. The molecule has 4 aliphatic heterocycles. The van der Waals surface area contributed by atoms with E-state index in [1.165, 1.54) is 33.4 Å². The highest BCUT2D eigenvalue weighted by Crippen LogP contribution is 2.48. The number of rotatable bonds is 6. The number of halogens is 6. The number of amides is 6. The number of fused-ring (bicyclic) bond motifs is 4. The van der Waals surface area contributed by atoms with Crippen molar-refractivity contribution < 1.29 is 19.2 Å². The maximum absolute atomic E-state index is 13.1. The van der Waals surface area contributed by atoms with Crippen LogP contribution in [0.5, 0.6) is 0 Å². The molecule has 0 saturated carbocycles. The first kappa shape index (κ1) is 53.5. The molecule has 384 valence electrons. The molecule has 2 aliphatic carbocycles. The fourth-order valence-corrected chi connectivity index (χ4v) is 15.5. The summed E-state index contributed by atoms with van der Waals surface area (Å²) in [7, 11) is 0. The molecule has 4 saturated heterocycles. The molecule has 2 atom stereocenters. The molecule has 2 aromatic heterocycles. The van der Waals surface area contributed by atoms with Gasteiger partial charge in [0.25, 0.3) is 0 Å². The summed E-state index contributed by atoms with van der Waals surface area (Å²) in [4.78, 5) is 66.3. The Balaban J connectivity index is 0.000000178. The van der Waals surface area contributed by atoms with Crippen molar-refractivity contribution in [1.82, 2.24) is 29.6 Å². The third-order valence-electron chi connectivity index (χ3n) is 16.3. The van der Waals surface area contributed by atoms with Crippen LogP contribution in [-0.2, 0) is 35.3 Å². The number of carbonyl (C=O) groups is 4. The van der Waals surface area contributed by atoms with E-state index in [-0.39, 0.29) is 35.7 Å². The van der Waals surface area contributed by atoms with E-state index in [9.17, 15) is 19.2 Å². The van der Waals surface area contributed by atoms with E-state index < -0.39 is 0 Å². The Morgan fingerprint density at radius 3 is 1.17 bits per heavy atom. The Kier molecular flexibility index (Phi) is 17.6. The van der Waals surface area contributed by atoms with Crippen molar-refractivity contribution in [2.45, 2.75) is 102 Å². The zero-order valence-electron chi connectivity index (χ0n) is 40.4. The van der Waals surface area contributed by atoms with Gasteiger partial charge in [0.05, 0.1) is 11.4 Å². The number of hydrogen-bond acceptors (Lipinski definition) is 6. The predicted molar refractivity (Wildman–Crippen MR) is 296 cm³/mol. The summed E-state index contributed by atoms with van der Waals surface area (Å²) in [6, 6.07) is 11.9. The Labute approximate surface area is 466 Å². The Bertz CT molecular complexity index is 2500. The zero-order chi connectivity index (χ0) is 50.8. The van der Waals surface area contributed by atoms with Gasteiger partial charge in [-0.2, -0.15) is 0 Å². The van der Waals surface area contributed by atoms with Gasteiger partial charge in [-0.15, -0.1) is 0 Å². The number of urea groups is 2. The van der Waals surface area contributed by atoms with Gasteiger partial charge in [0.15, 0.2) is 0 Å². The van der Waals surface area contributed by atoms with Crippen molar-refractivity contribution in [3.8, 4) is 0 Å². The van der Waals surface area contributed by atoms with E-state index in [0.717, 1.165) is 143 Å². The van der Waals surface area contributed by atoms with E-state index >= 15 is 0 Å². The lowest BCUT2D eigenvalue weighted by Crippen LogP contribution is -2.44. The van der Waals surface area contributed by atoms with Gasteiger partial charge < -0.3 is 31.1 Å². The van der Waals surface area contributed by atoms with Crippen LogP contribution in [0, 0.1) is 23.7 Å². The highest BCUT2D eigenvalue weighted by Gasteiger charge is 2.39. The van der Waals surface area contributed by atoms with E-state index in [4.69, 9.17) is 44.6 Å². The number of primary amides is 2. The number of aryl methyl sites for hydroxylation is 4. The molecule has 72 heavy (non-hydrogen) atoms. The fraction of sp³-hybridized carbons (Fsp3) is 0.519. The van der Waals surface area contributed by atoms with Crippen LogP contribution in [0.2, 0.25) is 10.0 Å². The summed E-state index contributed by atoms with van der Waals surface area (Å²) < 4.78 is 4.11. The lowest BCUT2D eigenvalue weighted by atomic mass is 9.76. The average Bonchev–Trinajstić information content (AvgIpc) is 3.62. The first-order chi connectivity index (χ1) is 34.6. The van der Waals surface area contributed by atoms with Gasteiger partial charge in [-0.25, -0.2) is 9.59 Å². The Morgan fingerprint density at radius 1 is 0.486 bits per heavy atom. The van der Waals surface area contributed by atoms with Crippen LogP contribution in [0.15, 0.2) is 66.7 Å². The highest BCUT2D eigenvalue weighted by atomic mass is 79.9. The van der Waals surface area contributed by atoms with E-state index in [1.807, 2.05) is 34.3 Å². The first-order valence-corrected chi connectivity index (χ1v) is 29.4. The minimum atomic E-state index is -0.362. The van der Waals surface area contributed by atoms with Crippen LogP contribution in [0.3, 0.4) is 0 Å². The van der Waals surface area contributed by atoms with Gasteiger partial charge >= 0.3 is 12.1 Å². The van der Waals surface area contributed by atoms with E-state index in [1.54, 1.807) is 9.80 Å². The summed E-state index contributed by atoms with van der Waals surface area (Å²) in [5.41, 5.74) is 20.9. The summed E-state index contributed by atoms with van der Waals surface area (Å²) >= 11 is 27.7. The van der Waals surface area contributed by atoms with Crippen molar-refractivity contribution in [2.24, 2.45) is 35.1 Å². The molecule has 6 heterocycles. The van der Waals surface area contributed by atoms with Gasteiger partial charge in [0.1, 0.15) is 0 Å². The quantitative estimate of drug-likeness (QED) is 0.196. The van der Waals surface area contributed by atoms with Crippen LogP contribution in [0.25, 0.3) is 0 Å². The molecule has 4 aromatic rings. The Morgan fingerprint density at radius 2 is 0.819 bits per heavy atom. The fourth-order valence-electron chi connectivity index (χ4n) is 12.5. The molecule has 0 spiro atoms. The number of piperidine rings is 4. The van der Waals surface area contributed by atoms with Crippen molar-refractivity contribution in [2.75, 3.05) is 52.4 Å². The lowest BCUT2D eigenvalue weighted by molar-refractivity contribution is -0.134. The number of aromatic nitrogens is 2. The smallest absolute Gasteiger partial charge is 0.314 e. The van der Waals surface area contributed by atoms with Gasteiger partial charge in [0.2, 0.25) is 11.8 Å². The maximum Gasteiger partial charge on any atom is 0.314 e. The SMILES string of the molecule is NC(=O)N1CCC(CC(=O)N2CCC(C3c4ncc(Br)cc4CCc4cc(Cl)cc(Br)c43)CC2)CC1.NC(=O)N1CCC(CC(=O)N2CCC([C@@H]3c4ncc(Br)cc4CCc4cc(Cl)cc(Br)c43)CC2)CC1. The van der Waals surface area contributed by atoms with Crippen LogP contribution in [0.1, 0.15) is 121 Å². The number of nitrogens with two attached hydrogens (primary N) is 2. The molecule has 6 amide bonds. The number of likely N-dealkylation sites (tertiary alicyclic amines) is 4. The number of carbonyl (C=O) groups excluding carboxylic acids is 4. The third kappa shape index (κ3) is 12.4. The van der Waals surface area contributed by atoms with Gasteiger partial charge in [-0.3, -0.25) is 19.6 Å². The minimum Gasteiger partial charge on any atom is -0.351 e. The molecule has 4 N–H and O–H groups in total. The second-order valence-electron chi connectivity index (χ2n) is 20.7. The van der Waals surface area contributed by atoms with Crippen LogP contribution in [0.4, 0.5) is 9.59 Å². The zero-order valence-corrected chi connectivity index (χ0v) is 48.2. The molecular formula is C54H62Br4Cl2N8O4. The number of pyridine rings is 2. The molecule has 10 rings (SSSR count). The van der Waals surface area contributed by atoms with Crippen molar-refractivity contribution in [3.63, 3.8) is 0 Å².